The molecule has 1 amide bonds. The maximum absolute atomic E-state index is 13.4. The number of sulfonamides is 1. The number of carbonyl (C=O) groups is 1. The minimum Gasteiger partial charge on any atom is -0.322 e. The molecule has 0 aliphatic rings. The lowest BCUT2D eigenvalue weighted by Gasteiger charge is -2.08. The number of anilines is 1. The zero-order valence-electron chi connectivity index (χ0n) is 10.5. The fourth-order valence-electron chi connectivity index (χ4n) is 1.64. The third-order valence-corrected chi connectivity index (χ3v) is 3.80. The molecule has 0 aromatic heterocycles. The third kappa shape index (κ3) is 3.78. The molecule has 0 fully saturated rings. The summed E-state index contributed by atoms with van der Waals surface area (Å²) in [5.74, 6) is -1.43. The quantitative estimate of drug-likeness (QED) is 0.906. The molecular formula is C13H10ClFN2O3S. The van der Waals surface area contributed by atoms with E-state index in [-0.39, 0.29) is 16.3 Å². The van der Waals surface area contributed by atoms with E-state index in [0.717, 1.165) is 18.2 Å². The van der Waals surface area contributed by atoms with E-state index < -0.39 is 26.6 Å². The van der Waals surface area contributed by atoms with Crippen molar-refractivity contribution in [2.24, 2.45) is 5.14 Å². The van der Waals surface area contributed by atoms with E-state index >= 15 is 0 Å². The van der Waals surface area contributed by atoms with Crippen LogP contribution >= 0.6 is 11.6 Å². The Labute approximate surface area is 125 Å². The van der Waals surface area contributed by atoms with Crippen LogP contribution in [0.4, 0.5) is 10.1 Å². The van der Waals surface area contributed by atoms with Crippen molar-refractivity contribution < 1.29 is 17.6 Å². The Morgan fingerprint density at radius 3 is 2.48 bits per heavy atom. The molecule has 0 saturated carbocycles. The van der Waals surface area contributed by atoms with E-state index in [2.05, 4.69) is 5.32 Å². The van der Waals surface area contributed by atoms with Crippen molar-refractivity contribution in [3.8, 4) is 0 Å². The predicted molar refractivity (Wildman–Crippen MR) is 77.2 cm³/mol. The molecule has 0 unspecified atom stereocenters. The molecule has 0 bridgehead atoms. The molecule has 2 aromatic rings. The normalized spacial score (nSPS) is 11.2. The first-order valence-electron chi connectivity index (χ1n) is 5.66. The lowest BCUT2D eigenvalue weighted by molar-refractivity contribution is 0.102. The summed E-state index contributed by atoms with van der Waals surface area (Å²) in [6.45, 7) is 0. The molecule has 2 aromatic carbocycles. The van der Waals surface area contributed by atoms with Crippen molar-refractivity contribution in [3.05, 3.63) is 58.9 Å². The van der Waals surface area contributed by atoms with Gasteiger partial charge in [-0.2, -0.15) is 0 Å². The Hall–Kier alpha value is -1.96. The number of benzene rings is 2. The molecule has 110 valence electrons. The second-order valence-corrected chi connectivity index (χ2v) is 6.12. The molecule has 3 N–H and O–H groups in total. The van der Waals surface area contributed by atoms with Gasteiger partial charge in [-0.25, -0.2) is 17.9 Å². The Bertz CT molecular complexity index is 809. The number of amides is 1. The average Bonchev–Trinajstić information content (AvgIpc) is 2.37. The van der Waals surface area contributed by atoms with E-state index in [1.54, 1.807) is 12.1 Å². The van der Waals surface area contributed by atoms with Crippen LogP contribution in [-0.2, 0) is 10.0 Å². The van der Waals surface area contributed by atoms with Gasteiger partial charge in [0, 0.05) is 5.69 Å². The minimum absolute atomic E-state index is 0.0380. The van der Waals surface area contributed by atoms with Crippen LogP contribution in [0.5, 0.6) is 0 Å². The van der Waals surface area contributed by atoms with Gasteiger partial charge >= 0.3 is 0 Å². The van der Waals surface area contributed by atoms with Gasteiger partial charge < -0.3 is 5.32 Å². The van der Waals surface area contributed by atoms with Crippen molar-refractivity contribution >= 4 is 33.2 Å². The van der Waals surface area contributed by atoms with Gasteiger partial charge in [0.05, 0.1) is 15.5 Å². The number of nitrogens with two attached hydrogens (primary N) is 1. The summed E-state index contributed by atoms with van der Waals surface area (Å²) in [4.78, 5) is 11.6. The van der Waals surface area contributed by atoms with Gasteiger partial charge in [-0.15, -0.1) is 0 Å². The van der Waals surface area contributed by atoms with Crippen molar-refractivity contribution in [2.45, 2.75) is 4.90 Å². The highest BCUT2D eigenvalue weighted by molar-refractivity contribution is 7.89. The largest absolute Gasteiger partial charge is 0.322 e. The van der Waals surface area contributed by atoms with Gasteiger partial charge in [-0.1, -0.05) is 23.7 Å². The molecule has 5 nitrogen and oxygen atoms in total. The van der Waals surface area contributed by atoms with Gasteiger partial charge in [0.25, 0.3) is 5.91 Å². The number of rotatable bonds is 3. The topological polar surface area (TPSA) is 89.3 Å². The Morgan fingerprint density at radius 1 is 1.19 bits per heavy atom. The van der Waals surface area contributed by atoms with Crippen LogP contribution in [0.1, 0.15) is 10.4 Å². The monoisotopic (exact) mass is 328 g/mol. The predicted octanol–water partition coefficient (Wildman–Crippen LogP) is 2.38. The molecule has 0 heterocycles. The van der Waals surface area contributed by atoms with Crippen molar-refractivity contribution in [1.82, 2.24) is 0 Å². The highest BCUT2D eigenvalue weighted by Crippen LogP contribution is 2.20. The zero-order chi connectivity index (χ0) is 15.6. The molecular weight excluding hydrogens is 319 g/mol. The van der Waals surface area contributed by atoms with Gasteiger partial charge in [0.1, 0.15) is 5.82 Å². The second kappa shape index (κ2) is 5.80. The molecule has 2 rings (SSSR count). The van der Waals surface area contributed by atoms with Crippen LogP contribution in [0.3, 0.4) is 0 Å². The number of hydrogen-bond acceptors (Lipinski definition) is 3. The van der Waals surface area contributed by atoms with Gasteiger partial charge in [0.2, 0.25) is 10.0 Å². The fourth-order valence-corrected chi connectivity index (χ4v) is 2.43. The summed E-state index contributed by atoms with van der Waals surface area (Å²) < 4.78 is 35.8. The second-order valence-electron chi connectivity index (χ2n) is 4.15. The SMILES string of the molecule is NS(=O)(=O)c1cc(F)cc(NC(=O)c2ccccc2Cl)c1. The maximum Gasteiger partial charge on any atom is 0.257 e. The van der Waals surface area contributed by atoms with Gasteiger partial charge in [0.15, 0.2) is 0 Å². The van der Waals surface area contributed by atoms with Crippen molar-refractivity contribution in [2.75, 3.05) is 5.32 Å². The highest BCUT2D eigenvalue weighted by Gasteiger charge is 2.14. The fraction of sp³-hybridized carbons (Fsp3) is 0. The van der Waals surface area contributed by atoms with E-state index in [4.69, 9.17) is 16.7 Å². The maximum atomic E-state index is 13.4. The first-order valence-corrected chi connectivity index (χ1v) is 7.59. The lowest BCUT2D eigenvalue weighted by Crippen LogP contribution is -2.15. The smallest absolute Gasteiger partial charge is 0.257 e. The summed E-state index contributed by atoms with van der Waals surface area (Å²) >= 11 is 5.87. The first kappa shape index (κ1) is 15.4. The number of nitrogens with one attached hydrogen (secondary N) is 1. The molecule has 8 heteroatoms. The molecule has 0 radical (unpaired) electrons. The van der Waals surface area contributed by atoms with Crippen LogP contribution in [0.2, 0.25) is 5.02 Å². The third-order valence-electron chi connectivity index (χ3n) is 2.58. The first-order chi connectivity index (χ1) is 9.77. The molecule has 21 heavy (non-hydrogen) atoms. The number of primary sulfonamides is 1. The van der Waals surface area contributed by atoms with Crippen LogP contribution in [-0.4, -0.2) is 14.3 Å². The van der Waals surface area contributed by atoms with E-state index in [9.17, 15) is 17.6 Å². The van der Waals surface area contributed by atoms with Crippen molar-refractivity contribution in [3.63, 3.8) is 0 Å². The van der Waals surface area contributed by atoms with E-state index in [1.807, 2.05) is 0 Å². The number of hydrogen-bond donors (Lipinski definition) is 2. The van der Waals surface area contributed by atoms with Crippen LogP contribution in [0.15, 0.2) is 47.4 Å². The van der Waals surface area contributed by atoms with Crippen LogP contribution in [0, 0.1) is 5.82 Å². The minimum atomic E-state index is -4.07. The molecule has 0 aliphatic carbocycles. The van der Waals surface area contributed by atoms with E-state index in [1.165, 1.54) is 12.1 Å². The van der Waals surface area contributed by atoms with Crippen molar-refractivity contribution in [1.29, 1.82) is 0 Å². The Kier molecular flexibility index (Phi) is 4.26. The molecule has 0 aliphatic heterocycles. The highest BCUT2D eigenvalue weighted by atomic mass is 35.5. The number of halogens is 2. The van der Waals surface area contributed by atoms with Crippen LogP contribution < -0.4 is 10.5 Å². The molecule has 0 spiro atoms. The Morgan fingerprint density at radius 2 is 1.86 bits per heavy atom. The number of carbonyl (C=O) groups excluding carboxylic acids is 1. The summed E-state index contributed by atoms with van der Waals surface area (Å²) in [6.07, 6.45) is 0. The Balaban J connectivity index is 2.34. The van der Waals surface area contributed by atoms with Gasteiger partial charge in [-0.05, 0) is 30.3 Å². The summed E-state index contributed by atoms with van der Waals surface area (Å²) in [5.41, 5.74) is 0.143. The average molecular weight is 329 g/mol. The summed E-state index contributed by atoms with van der Waals surface area (Å²) in [5, 5.41) is 7.52. The zero-order valence-corrected chi connectivity index (χ0v) is 12.1. The summed E-state index contributed by atoms with van der Waals surface area (Å²) in [7, 11) is -4.07. The van der Waals surface area contributed by atoms with Gasteiger partial charge in [-0.3, -0.25) is 4.79 Å². The molecule has 0 saturated heterocycles. The standard InChI is InChI=1S/C13H10ClFN2O3S/c14-12-4-2-1-3-11(12)13(18)17-9-5-8(15)6-10(7-9)21(16,19)20/h1-7H,(H,17,18)(H2,16,19,20). The summed E-state index contributed by atoms with van der Waals surface area (Å²) in [6, 6.07) is 9.08. The van der Waals surface area contributed by atoms with Crippen LogP contribution in [0.25, 0.3) is 0 Å². The lowest BCUT2D eigenvalue weighted by atomic mass is 10.2. The molecule has 0 atom stereocenters. The van der Waals surface area contributed by atoms with E-state index in [0.29, 0.717) is 0 Å².